The standard InChI is InChI=1S/C24H29N3O6/c1-15(2)17-7-5-16(6-8-17)9-18-10-22(27-26-18)25-20-11-19(32-13-30-3)12-21(33-14-31-4)23(20)24(28)29/h5-8,10-12,15H,9,13-14H2,1-4H3,(H,28,29)(H2,25,26,27). The Morgan fingerprint density at radius 2 is 1.76 bits per heavy atom. The summed E-state index contributed by atoms with van der Waals surface area (Å²) in [4.78, 5) is 12.0. The smallest absolute Gasteiger partial charge is 0.341 e. The van der Waals surface area contributed by atoms with Crippen LogP contribution in [0.5, 0.6) is 11.5 Å². The van der Waals surface area contributed by atoms with Crippen LogP contribution in [0.2, 0.25) is 0 Å². The van der Waals surface area contributed by atoms with E-state index >= 15 is 0 Å². The van der Waals surface area contributed by atoms with Gasteiger partial charge in [0.2, 0.25) is 0 Å². The minimum absolute atomic E-state index is 0.000614. The number of hydrogen-bond acceptors (Lipinski definition) is 7. The first kappa shape index (κ1) is 24.1. The maximum absolute atomic E-state index is 12.0. The molecule has 1 heterocycles. The number of aromatic amines is 1. The first-order valence-electron chi connectivity index (χ1n) is 10.5. The predicted molar refractivity (Wildman–Crippen MR) is 124 cm³/mol. The summed E-state index contributed by atoms with van der Waals surface area (Å²) in [6.07, 6.45) is 0.640. The van der Waals surface area contributed by atoms with Gasteiger partial charge in [0.15, 0.2) is 13.6 Å². The summed E-state index contributed by atoms with van der Waals surface area (Å²) in [6, 6.07) is 13.3. The Bertz CT molecular complexity index is 1060. The SMILES string of the molecule is COCOc1cc(Nc2cc(Cc3ccc(C(C)C)cc3)n[nH]2)c(C(=O)O)c(OCOC)c1. The van der Waals surface area contributed by atoms with Gasteiger partial charge in [0.1, 0.15) is 22.9 Å². The van der Waals surface area contributed by atoms with Crippen LogP contribution in [0, 0.1) is 0 Å². The number of carboxylic acid groups (broad SMARTS) is 1. The number of carboxylic acids is 1. The summed E-state index contributed by atoms with van der Waals surface area (Å²) in [5, 5.41) is 20.1. The average molecular weight is 456 g/mol. The Kier molecular flexibility index (Phi) is 8.28. The topological polar surface area (TPSA) is 115 Å². The first-order valence-corrected chi connectivity index (χ1v) is 10.5. The summed E-state index contributed by atoms with van der Waals surface area (Å²) in [5.41, 5.74) is 3.45. The number of aromatic nitrogens is 2. The van der Waals surface area contributed by atoms with Gasteiger partial charge >= 0.3 is 5.97 Å². The number of aromatic carboxylic acids is 1. The molecule has 0 spiro atoms. The van der Waals surface area contributed by atoms with Crippen LogP contribution in [0.1, 0.15) is 46.9 Å². The minimum Gasteiger partial charge on any atom is -0.477 e. The normalized spacial score (nSPS) is 10.9. The second-order valence-electron chi connectivity index (χ2n) is 7.72. The van der Waals surface area contributed by atoms with E-state index < -0.39 is 5.97 Å². The Hall–Kier alpha value is -3.56. The highest BCUT2D eigenvalue weighted by atomic mass is 16.7. The molecule has 176 valence electrons. The molecule has 1 aromatic heterocycles. The van der Waals surface area contributed by atoms with Crippen molar-refractivity contribution < 1.29 is 28.8 Å². The maximum atomic E-state index is 12.0. The maximum Gasteiger partial charge on any atom is 0.341 e. The number of ether oxygens (including phenoxy) is 4. The second-order valence-corrected chi connectivity index (χ2v) is 7.72. The Morgan fingerprint density at radius 1 is 1.06 bits per heavy atom. The number of methoxy groups -OCH3 is 2. The molecule has 3 aromatic rings. The highest BCUT2D eigenvalue weighted by molar-refractivity contribution is 5.98. The molecule has 0 saturated heterocycles. The molecule has 0 unspecified atom stereocenters. The lowest BCUT2D eigenvalue weighted by molar-refractivity contribution is 0.0447. The highest BCUT2D eigenvalue weighted by Gasteiger charge is 2.20. The zero-order valence-corrected chi connectivity index (χ0v) is 19.2. The van der Waals surface area contributed by atoms with Gasteiger partial charge in [0.05, 0.1) is 11.4 Å². The number of rotatable bonds is 12. The van der Waals surface area contributed by atoms with Gasteiger partial charge in [-0.25, -0.2) is 4.79 Å². The molecule has 0 aliphatic rings. The third-order valence-corrected chi connectivity index (χ3v) is 4.90. The van der Waals surface area contributed by atoms with Crippen LogP contribution in [0.4, 0.5) is 11.5 Å². The van der Waals surface area contributed by atoms with E-state index in [4.69, 9.17) is 18.9 Å². The van der Waals surface area contributed by atoms with Gasteiger partial charge < -0.3 is 29.4 Å². The molecule has 2 aromatic carbocycles. The second kappa shape index (κ2) is 11.3. The van der Waals surface area contributed by atoms with Crippen molar-refractivity contribution in [3.63, 3.8) is 0 Å². The van der Waals surface area contributed by atoms with Crippen LogP contribution < -0.4 is 14.8 Å². The number of carbonyl (C=O) groups is 1. The first-order chi connectivity index (χ1) is 15.9. The third kappa shape index (κ3) is 6.47. The number of hydrogen-bond donors (Lipinski definition) is 3. The fraction of sp³-hybridized carbons (Fsp3) is 0.333. The number of H-pyrrole nitrogens is 1. The van der Waals surface area contributed by atoms with E-state index in [2.05, 4.69) is 53.6 Å². The number of nitrogens with zero attached hydrogens (tertiary/aromatic N) is 1. The van der Waals surface area contributed by atoms with Crippen molar-refractivity contribution in [1.29, 1.82) is 0 Å². The monoisotopic (exact) mass is 455 g/mol. The lowest BCUT2D eigenvalue weighted by atomic mass is 10.0. The highest BCUT2D eigenvalue weighted by Crippen LogP contribution is 2.34. The third-order valence-electron chi connectivity index (χ3n) is 4.90. The number of nitrogens with one attached hydrogen (secondary N) is 2. The van der Waals surface area contributed by atoms with Crippen LogP contribution in [0.3, 0.4) is 0 Å². The molecule has 0 fully saturated rings. The van der Waals surface area contributed by atoms with Crippen LogP contribution in [-0.2, 0) is 15.9 Å². The van der Waals surface area contributed by atoms with Crippen LogP contribution in [-0.4, -0.2) is 49.1 Å². The van der Waals surface area contributed by atoms with E-state index in [-0.39, 0.29) is 30.6 Å². The van der Waals surface area contributed by atoms with Gasteiger partial charge in [0.25, 0.3) is 0 Å². The molecule has 0 amide bonds. The number of anilines is 2. The molecule has 0 aliphatic carbocycles. The quantitative estimate of drug-likeness (QED) is 0.341. The Labute approximate surface area is 192 Å². The largest absolute Gasteiger partial charge is 0.477 e. The van der Waals surface area contributed by atoms with Gasteiger partial charge in [0, 0.05) is 38.8 Å². The summed E-state index contributed by atoms with van der Waals surface area (Å²) in [5.74, 6) is 0.329. The van der Waals surface area contributed by atoms with Crippen molar-refractivity contribution in [1.82, 2.24) is 10.2 Å². The van der Waals surface area contributed by atoms with Crippen LogP contribution in [0.15, 0.2) is 42.5 Å². The van der Waals surface area contributed by atoms with Gasteiger partial charge in [-0.3, -0.25) is 5.10 Å². The Balaban J connectivity index is 1.84. The molecule has 3 rings (SSSR count). The molecule has 33 heavy (non-hydrogen) atoms. The molecule has 0 atom stereocenters. The minimum atomic E-state index is -1.16. The van der Waals surface area contributed by atoms with E-state index in [1.165, 1.54) is 25.8 Å². The Morgan fingerprint density at radius 3 is 2.39 bits per heavy atom. The molecule has 3 N–H and O–H groups in total. The van der Waals surface area contributed by atoms with Gasteiger partial charge in [-0.1, -0.05) is 38.1 Å². The number of benzene rings is 2. The summed E-state index contributed by atoms with van der Waals surface area (Å²) in [7, 11) is 2.95. The molecule has 0 saturated carbocycles. The van der Waals surface area contributed by atoms with E-state index in [1.807, 2.05) is 6.07 Å². The van der Waals surface area contributed by atoms with Crippen LogP contribution >= 0.6 is 0 Å². The van der Waals surface area contributed by atoms with Crippen molar-refractivity contribution in [2.24, 2.45) is 0 Å². The van der Waals surface area contributed by atoms with Crippen molar-refractivity contribution in [2.45, 2.75) is 26.2 Å². The lowest BCUT2D eigenvalue weighted by Crippen LogP contribution is -2.10. The molecular weight excluding hydrogens is 426 g/mol. The van der Waals surface area contributed by atoms with E-state index in [0.717, 1.165) is 11.3 Å². The van der Waals surface area contributed by atoms with Crippen molar-refractivity contribution in [2.75, 3.05) is 33.1 Å². The van der Waals surface area contributed by atoms with E-state index in [0.29, 0.717) is 23.9 Å². The average Bonchev–Trinajstić information content (AvgIpc) is 3.22. The van der Waals surface area contributed by atoms with Crippen LogP contribution in [0.25, 0.3) is 0 Å². The molecule has 9 nitrogen and oxygen atoms in total. The molecule has 9 heteroatoms. The van der Waals surface area contributed by atoms with Gasteiger partial charge in [-0.15, -0.1) is 0 Å². The molecule has 0 aliphatic heterocycles. The van der Waals surface area contributed by atoms with Crippen molar-refractivity contribution in [3.8, 4) is 11.5 Å². The summed E-state index contributed by atoms with van der Waals surface area (Å²) in [6.45, 7) is 4.21. The predicted octanol–water partition coefficient (Wildman–Crippen LogP) is 4.53. The van der Waals surface area contributed by atoms with Gasteiger partial charge in [-0.2, -0.15) is 5.10 Å². The lowest BCUT2D eigenvalue weighted by Gasteiger charge is -2.16. The van der Waals surface area contributed by atoms with Crippen molar-refractivity contribution in [3.05, 3.63) is 64.8 Å². The fourth-order valence-corrected chi connectivity index (χ4v) is 3.25. The molecule has 0 bridgehead atoms. The van der Waals surface area contributed by atoms with Crippen molar-refractivity contribution >= 4 is 17.5 Å². The zero-order valence-electron chi connectivity index (χ0n) is 19.2. The van der Waals surface area contributed by atoms with E-state index in [1.54, 1.807) is 6.07 Å². The zero-order chi connectivity index (χ0) is 23.8. The van der Waals surface area contributed by atoms with Gasteiger partial charge in [-0.05, 0) is 17.0 Å². The summed E-state index contributed by atoms with van der Waals surface area (Å²) < 4.78 is 20.8. The summed E-state index contributed by atoms with van der Waals surface area (Å²) >= 11 is 0. The van der Waals surface area contributed by atoms with E-state index in [9.17, 15) is 9.90 Å². The molecular formula is C24H29N3O6. The fourth-order valence-electron chi connectivity index (χ4n) is 3.25. The molecule has 0 radical (unpaired) electrons.